The minimum atomic E-state index is 0.893. The normalized spacial score (nSPS) is 11.6. The fourth-order valence-corrected chi connectivity index (χ4v) is 10.2. The maximum absolute atomic E-state index is 6.56. The predicted molar refractivity (Wildman–Crippen MR) is 282 cm³/mol. The highest BCUT2D eigenvalue weighted by Gasteiger charge is 2.20. The Balaban J connectivity index is 0.972. The molecular weight excluding hydrogens is 813 g/mol. The van der Waals surface area contributed by atoms with E-state index >= 15 is 0 Å². The highest BCUT2D eigenvalue weighted by atomic mass is 16.3. The number of aromatic nitrogens is 1. The largest absolute Gasteiger partial charge is 0.455 e. The molecule has 0 saturated carbocycles. The van der Waals surface area contributed by atoms with Gasteiger partial charge in [0.15, 0.2) is 0 Å². The van der Waals surface area contributed by atoms with Gasteiger partial charge in [0, 0.05) is 49.7 Å². The first kappa shape index (κ1) is 38.5. The highest BCUT2D eigenvalue weighted by Crippen LogP contribution is 2.43. The second-order valence-corrected chi connectivity index (χ2v) is 17.3. The number of hydrogen-bond donors (Lipinski definition) is 0. The van der Waals surface area contributed by atoms with E-state index in [-0.39, 0.29) is 0 Å². The smallest absolute Gasteiger partial charge is 0.143 e. The van der Waals surface area contributed by atoms with Crippen LogP contribution < -0.4 is 4.90 Å². The Bertz CT molecular complexity index is 3940. The maximum Gasteiger partial charge on any atom is 0.143 e. The molecule has 13 rings (SSSR count). The third kappa shape index (κ3) is 6.67. The van der Waals surface area contributed by atoms with Gasteiger partial charge in [-0.25, -0.2) is 0 Å². The molecule has 0 spiro atoms. The van der Waals surface area contributed by atoms with Gasteiger partial charge in [0.05, 0.1) is 16.7 Å². The topological polar surface area (TPSA) is 21.3 Å². The zero-order chi connectivity index (χ0) is 44.3. The summed E-state index contributed by atoms with van der Waals surface area (Å²) in [6.07, 6.45) is 0. The Labute approximate surface area is 388 Å². The predicted octanol–water partition coefficient (Wildman–Crippen LogP) is 18.0. The third-order valence-electron chi connectivity index (χ3n) is 13.4. The Morgan fingerprint density at radius 3 is 1.63 bits per heavy atom. The van der Waals surface area contributed by atoms with Crippen molar-refractivity contribution in [1.29, 1.82) is 0 Å². The van der Waals surface area contributed by atoms with Crippen LogP contribution in [0.1, 0.15) is 0 Å². The molecule has 314 valence electrons. The second kappa shape index (κ2) is 16.0. The summed E-state index contributed by atoms with van der Waals surface area (Å²) in [5, 5.41) is 7.18. The van der Waals surface area contributed by atoms with Gasteiger partial charge in [-0.15, -0.1) is 0 Å². The molecule has 0 unspecified atom stereocenters. The quantitative estimate of drug-likeness (QED) is 0.152. The Morgan fingerprint density at radius 2 is 0.851 bits per heavy atom. The van der Waals surface area contributed by atoms with Crippen LogP contribution in [0, 0.1) is 0 Å². The zero-order valence-corrected chi connectivity index (χ0v) is 36.6. The monoisotopic (exact) mass is 854 g/mol. The fraction of sp³-hybridized carbons (Fsp3) is 0. The van der Waals surface area contributed by atoms with Crippen LogP contribution in [0.3, 0.4) is 0 Å². The van der Waals surface area contributed by atoms with Crippen molar-refractivity contribution in [2.24, 2.45) is 0 Å². The van der Waals surface area contributed by atoms with Crippen molar-refractivity contribution in [2.45, 2.75) is 0 Å². The van der Waals surface area contributed by atoms with Gasteiger partial charge in [-0.2, -0.15) is 0 Å². The number of benzene rings is 11. The summed E-state index contributed by atoms with van der Waals surface area (Å²) in [4.78, 5) is 2.38. The van der Waals surface area contributed by atoms with Crippen LogP contribution in [-0.2, 0) is 0 Å². The van der Waals surface area contributed by atoms with E-state index in [0.717, 1.165) is 72.5 Å². The van der Waals surface area contributed by atoms with E-state index in [2.05, 4.69) is 252 Å². The molecule has 3 nitrogen and oxygen atoms in total. The molecule has 3 heteroatoms. The second-order valence-electron chi connectivity index (χ2n) is 17.3. The van der Waals surface area contributed by atoms with Crippen molar-refractivity contribution in [3.05, 3.63) is 255 Å². The maximum atomic E-state index is 6.56. The molecule has 2 heterocycles. The first-order valence-corrected chi connectivity index (χ1v) is 22.9. The van der Waals surface area contributed by atoms with E-state index in [0.29, 0.717) is 0 Å². The first-order valence-electron chi connectivity index (χ1n) is 22.9. The molecule has 0 saturated heterocycles. The molecule has 13 aromatic rings. The number of rotatable bonds is 8. The number of nitrogens with zero attached hydrogens (tertiary/aromatic N) is 2. The number of anilines is 3. The van der Waals surface area contributed by atoms with Gasteiger partial charge in [0.1, 0.15) is 11.2 Å². The summed E-state index contributed by atoms with van der Waals surface area (Å²) in [6, 6.07) is 92.0. The number of furan rings is 1. The lowest BCUT2D eigenvalue weighted by molar-refractivity contribution is 0.670. The van der Waals surface area contributed by atoms with Crippen LogP contribution in [0.15, 0.2) is 259 Å². The van der Waals surface area contributed by atoms with Gasteiger partial charge in [-0.05, 0) is 111 Å². The summed E-state index contributed by atoms with van der Waals surface area (Å²) in [5.41, 5.74) is 17.6. The first-order chi connectivity index (χ1) is 33.2. The Morgan fingerprint density at radius 1 is 0.299 bits per heavy atom. The van der Waals surface area contributed by atoms with E-state index < -0.39 is 0 Å². The van der Waals surface area contributed by atoms with Crippen molar-refractivity contribution < 1.29 is 4.42 Å². The Kier molecular flexibility index (Phi) is 9.17. The highest BCUT2D eigenvalue weighted by molar-refractivity contribution is 6.11. The lowest BCUT2D eigenvalue weighted by Crippen LogP contribution is -2.10. The summed E-state index contributed by atoms with van der Waals surface area (Å²) < 4.78 is 9.00. The molecule has 67 heavy (non-hydrogen) atoms. The van der Waals surface area contributed by atoms with Crippen LogP contribution in [0.2, 0.25) is 0 Å². The number of hydrogen-bond acceptors (Lipinski definition) is 2. The van der Waals surface area contributed by atoms with E-state index in [1.165, 1.54) is 49.3 Å². The summed E-state index contributed by atoms with van der Waals surface area (Å²) in [6.45, 7) is 0. The molecule has 0 aliphatic heterocycles. The molecule has 0 bridgehead atoms. The van der Waals surface area contributed by atoms with Gasteiger partial charge in [-0.3, -0.25) is 0 Å². The third-order valence-corrected chi connectivity index (χ3v) is 13.4. The Hall–Kier alpha value is -8.92. The van der Waals surface area contributed by atoms with Gasteiger partial charge >= 0.3 is 0 Å². The van der Waals surface area contributed by atoms with Crippen LogP contribution >= 0.6 is 0 Å². The van der Waals surface area contributed by atoms with E-state index in [9.17, 15) is 0 Å². The van der Waals surface area contributed by atoms with Gasteiger partial charge in [-0.1, -0.05) is 188 Å². The summed E-state index contributed by atoms with van der Waals surface area (Å²) in [7, 11) is 0. The van der Waals surface area contributed by atoms with E-state index in [1.54, 1.807) is 0 Å². The van der Waals surface area contributed by atoms with Crippen LogP contribution in [0.5, 0.6) is 0 Å². The molecule has 0 amide bonds. The standard InChI is InChI=1S/C64H42N2O/c1-2-15-43(16-3-1)49-35-38-54(62(42-49)66-60-28-9-6-23-56(60)57-24-7-10-29-61(57)66)45-33-36-51(37-34-45)65(52-21-12-19-47(40-52)48-32-31-44-17-4-5-18-46(44)39-48)53-22-13-20-50(41-53)55-26-14-27-59-58-25-8-11-30-63(58)67-64(55)59/h1-42H. The lowest BCUT2D eigenvalue weighted by Gasteiger charge is -2.27. The molecule has 0 aliphatic carbocycles. The van der Waals surface area contributed by atoms with E-state index in [1.807, 2.05) is 12.1 Å². The summed E-state index contributed by atoms with van der Waals surface area (Å²) in [5.74, 6) is 0. The van der Waals surface area contributed by atoms with Crippen molar-refractivity contribution >= 4 is 71.6 Å². The molecule has 0 aliphatic rings. The van der Waals surface area contributed by atoms with Crippen LogP contribution in [-0.4, -0.2) is 4.57 Å². The van der Waals surface area contributed by atoms with Crippen LogP contribution in [0.4, 0.5) is 17.1 Å². The summed E-state index contributed by atoms with van der Waals surface area (Å²) >= 11 is 0. The number of fused-ring (bicyclic) bond motifs is 7. The SMILES string of the molecule is c1ccc(-c2ccc(-c3ccc(N(c4cccc(-c5ccc6ccccc6c5)c4)c4cccc(-c5cccc6c5oc5ccccc56)c4)cc3)c(-n3c4ccccc4c4ccccc43)c2)cc1. The minimum absolute atomic E-state index is 0.893. The fourth-order valence-electron chi connectivity index (χ4n) is 10.2. The van der Waals surface area contributed by atoms with Gasteiger partial charge in [0.25, 0.3) is 0 Å². The molecule has 0 fully saturated rings. The van der Waals surface area contributed by atoms with Crippen molar-refractivity contribution in [2.75, 3.05) is 4.90 Å². The van der Waals surface area contributed by atoms with Gasteiger partial charge in [0.2, 0.25) is 0 Å². The van der Waals surface area contributed by atoms with Crippen molar-refractivity contribution in [3.63, 3.8) is 0 Å². The molecule has 0 atom stereocenters. The average Bonchev–Trinajstić information content (AvgIpc) is 3.95. The molecular formula is C64H42N2O. The molecule has 2 aromatic heterocycles. The average molecular weight is 855 g/mol. The van der Waals surface area contributed by atoms with Crippen molar-refractivity contribution in [1.82, 2.24) is 4.57 Å². The van der Waals surface area contributed by atoms with Gasteiger partial charge < -0.3 is 13.9 Å². The zero-order valence-electron chi connectivity index (χ0n) is 36.6. The molecule has 11 aromatic carbocycles. The molecule has 0 radical (unpaired) electrons. The van der Waals surface area contributed by atoms with E-state index in [4.69, 9.17) is 4.42 Å². The van der Waals surface area contributed by atoms with Crippen LogP contribution in [0.25, 0.3) is 105 Å². The lowest BCUT2D eigenvalue weighted by atomic mass is 9.97. The number of para-hydroxylation sites is 4. The minimum Gasteiger partial charge on any atom is -0.455 e. The van der Waals surface area contributed by atoms with Crippen molar-refractivity contribution in [3.8, 4) is 50.2 Å². The molecule has 0 N–H and O–H groups in total.